The third-order valence-corrected chi connectivity index (χ3v) is 3.96. The summed E-state index contributed by atoms with van der Waals surface area (Å²) in [6.45, 7) is 13.6. The lowest BCUT2D eigenvalue weighted by Gasteiger charge is -2.01. The molecule has 0 spiro atoms. The molecular formula is C29H44O16. The van der Waals surface area contributed by atoms with Gasteiger partial charge in [0.2, 0.25) is 0 Å². The number of rotatable bonds is 10. The van der Waals surface area contributed by atoms with Crippen LogP contribution < -0.4 is 0 Å². The van der Waals surface area contributed by atoms with Crippen molar-refractivity contribution >= 4 is 47.8 Å². The number of cyclic esters (lactones) is 2. The molecular weight excluding hydrogens is 604 g/mol. The molecule has 0 bridgehead atoms. The largest absolute Gasteiger partial charge is 0.478 e. The standard InChI is InChI=1S/C9H14O4.2C7H10O4.C5H4O3.CH4.H2O/c1-4-12-8(10)6-7(3)9(11)13-5-2;1-3-11-6(8)4-5(2)7(9)10;1-3-11-7(10)5(2)4-6(8)9;1-3-2-4(6)8-5(3)7;;/h6H,4-5H2,1-3H3;4H,3H2,1-2H3,(H,9,10);4H,3H2,1-2H3,(H,8,9);2H,1H3;1H4;1H2/b7-6-;2*5-4-;;;. The summed E-state index contributed by atoms with van der Waals surface area (Å²) in [5.74, 6) is -5.57. The molecule has 0 aliphatic carbocycles. The molecule has 0 fully saturated rings. The van der Waals surface area contributed by atoms with Gasteiger partial charge in [0.15, 0.2) is 0 Å². The Morgan fingerprint density at radius 3 is 1.29 bits per heavy atom. The maximum absolute atomic E-state index is 11.0. The molecule has 0 saturated carbocycles. The van der Waals surface area contributed by atoms with Crippen LogP contribution in [0.25, 0.3) is 0 Å². The molecule has 0 atom stereocenters. The van der Waals surface area contributed by atoms with Gasteiger partial charge in [-0.3, -0.25) is 0 Å². The Hall–Kier alpha value is -5.12. The monoisotopic (exact) mass is 648 g/mol. The first kappa shape index (κ1) is 49.6. The zero-order chi connectivity index (χ0) is 34.1. The highest BCUT2D eigenvalue weighted by Gasteiger charge is 2.18. The molecule has 1 aliphatic rings. The maximum atomic E-state index is 11.0. The van der Waals surface area contributed by atoms with Crippen LogP contribution in [0.5, 0.6) is 0 Å². The SMILES string of the molecule is C.CC1=CC(=O)OC1=O.CCOC(=O)/C(C)=C\C(=O)O.CCOC(=O)/C=C(/C)C(=O)O.CCOC(=O)/C=C(/C)C(=O)OCC.O. The van der Waals surface area contributed by atoms with Gasteiger partial charge in [-0.15, -0.1) is 0 Å². The van der Waals surface area contributed by atoms with E-state index in [4.69, 9.17) is 10.2 Å². The molecule has 0 aromatic carbocycles. The van der Waals surface area contributed by atoms with Crippen molar-refractivity contribution in [3.05, 3.63) is 46.6 Å². The molecule has 256 valence electrons. The zero-order valence-electron chi connectivity index (χ0n) is 25.8. The van der Waals surface area contributed by atoms with Gasteiger partial charge in [0.05, 0.1) is 26.4 Å². The lowest BCUT2D eigenvalue weighted by atomic mass is 10.3. The van der Waals surface area contributed by atoms with Crippen LogP contribution in [0, 0.1) is 0 Å². The topological polar surface area (TPSA) is 255 Å². The van der Waals surface area contributed by atoms with Gasteiger partial charge in [-0.05, 0) is 55.4 Å². The van der Waals surface area contributed by atoms with Crippen LogP contribution >= 0.6 is 0 Å². The molecule has 0 unspecified atom stereocenters. The van der Waals surface area contributed by atoms with Gasteiger partial charge in [-0.1, -0.05) is 7.43 Å². The number of carbonyl (C=O) groups excluding carboxylic acids is 6. The van der Waals surface area contributed by atoms with Crippen LogP contribution in [-0.2, 0) is 62.0 Å². The van der Waals surface area contributed by atoms with Crippen LogP contribution in [-0.4, -0.2) is 89.9 Å². The van der Waals surface area contributed by atoms with E-state index in [1.807, 2.05) is 0 Å². The summed E-state index contributed by atoms with van der Waals surface area (Å²) in [6.07, 6.45) is 4.06. The van der Waals surface area contributed by atoms with E-state index in [0.717, 1.165) is 18.2 Å². The number of ether oxygens (including phenoxy) is 5. The maximum Gasteiger partial charge on any atom is 0.341 e. The number of hydrogen-bond donors (Lipinski definition) is 2. The molecule has 4 N–H and O–H groups in total. The highest BCUT2D eigenvalue weighted by Crippen LogP contribution is 2.05. The summed E-state index contributed by atoms with van der Waals surface area (Å²) in [4.78, 5) is 83.8. The van der Waals surface area contributed by atoms with Crippen molar-refractivity contribution < 1.29 is 77.7 Å². The van der Waals surface area contributed by atoms with E-state index in [1.165, 1.54) is 33.8 Å². The molecule has 45 heavy (non-hydrogen) atoms. The fraction of sp³-hybridized carbons (Fsp3) is 0.448. The minimum absolute atomic E-state index is 0. The Kier molecular flexibility index (Phi) is 31.9. The third-order valence-electron chi connectivity index (χ3n) is 3.96. The van der Waals surface area contributed by atoms with Crippen LogP contribution in [0.4, 0.5) is 0 Å². The predicted octanol–water partition coefficient (Wildman–Crippen LogP) is 2.05. The van der Waals surface area contributed by atoms with E-state index in [9.17, 15) is 38.4 Å². The van der Waals surface area contributed by atoms with Crippen LogP contribution in [0.2, 0.25) is 0 Å². The molecule has 1 aliphatic heterocycles. The predicted molar refractivity (Wildman–Crippen MR) is 158 cm³/mol. The molecule has 0 aromatic rings. The Labute approximate surface area is 261 Å². The fourth-order valence-electron chi connectivity index (χ4n) is 2.01. The Balaban J connectivity index is -0.000000157. The third kappa shape index (κ3) is 28.8. The minimum atomic E-state index is -1.14. The van der Waals surface area contributed by atoms with E-state index in [2.05, 4.69) is 23.7 Å². The van der Waals surface area contributed by atoms with Crippen molar-refractivity contribution in [2.45, 2.75) is 62.8 Å². The first-order valence-electron chi connectivity index (χ1n) is 12.6. The molecule has 16 heteroatoms. The van der Waals surface area contributed by atoms with E-state index in [0.29, 0.717) is 18.8 Å². The van der Waals surface area contributed by atoms with E-state index in [-0.39, 0.29) is 42.8 Å². The first-order chi connectivity index (χ1) is 20.0. The number of hydrogen-bond acceptors (Lipinski definition) is 13. The van der Waals surface area contributed by atoms with Crippen molar-refractivity contribution in [1.82, 2.24) is 0 Å². The highest BCUT2D eigenvalue weighted by molar-refractivity contribution is 6.08. The molecule has 0 aromatic heterocycles. The van der Waals surface area contributed by atoms with Crippen molar-refractivity contribution in [3.8, 4) is 0 Å². The van der Waals surface area contributed by atoms with Crippen molar-refractivity contribution in [3.63, 3.8) is 0 Å². The van der Waals surface area contributed by atoms with Gasteiger partial charge in [0, 0.05) is 46.6 Å². The van der Waals surface area contributed by atoms with Gasteiger partial charge < -0.3 is 39.4 Å². The lowest BCUT2D eigenvalue weighted by Crippen LogP contribution is -2.08. The van der Waals surface area contributed by atoms with E-state index < -0.39 is 47.8 Å². The lowest BCUT2D eigenvalue weighted by molar-refractivity contribution is -0.151. The first-order valence-corrected chi connectivity index (χ1v) is 12.6. The summed E-state index contributed by atoms with van der Waals surface area (Å²) in [5, 5.41) is 16.5. The van der Waals surface area contributed by atoms with Gasteiger partial charge in [0.25, 0.3) is 0 Å². The van der Waals surface area contributed by atoms with Crippen LogP contribution in [0.15, 0.2) is 46.6 Å². The van der Waals surface area contributed by atoms with Gasteiger partial charge >= 0.3 is 47.8 Å². The molecule has 0 radical (unpaired) electrons. The Morgan fingerprint density at radius 2 is 1.04 bits per heavy atom. The number of esters is 6. The van der Waals surface area contributed by atoms with Crippen molar-refractivity contribution in [2.24, 2.45) is 0 Å². The van der Waals surface area contributed by atoms with Crippen molar-refractivity contribution in [1.29, 1.82) is 0 Å². The highest BCUT2D eigenvalue weighted by atomic mass is 16.6. The average molecular weight is 649 g/mol. The Bertz CT molecular complexity index is 1140. The van der Waals surface area contributed by atoms with Crippen LogP contribution in [0.1, 0.15) is 62.8 Å². The summed E-state index contributed by atoms with van der Waals surface area (Å²) in [5.41, 5.74) is 0.693. The zero-order valence-corrected chi connectivity index (χ0v) is 25.8. The minimum Gasteiger partial charge on any atom is -0.478 e. The van der Waals surface area contributed by atoms with Gasteiger partial charge in [-0.2, -0.15) is 0 Å². The normalized spacial score (nSPS) is 11.7. The number of carboxylic acids is 2. The summed E-state index contributed by atoms with van der Waals surface area (Å²) in [6, 6.07) is 0. The van der Waals surface area contributed by atoms with E-state index >= 15 is 0 Å². The van der Waals surface area contributed by atoms with Crippen LogP contribution in [0.3, 0.4) is 0 Å². The number of aliphatic carboxylic acids is 2. The molecule has 1 heterocycles. The second kappa shape index (κ2) is 29.0. The van der Waals surface area contributed by atoms with Crippen molar-refractivity contribution in [2.75, 3.05) is 26.4 Å². The quantitative estimate of drug-likeness (QED) is 0.149. The molecule has 0 saturated heterocycles. The summed E-state index contributed by atoms with van der Waals surface area (Å²) in [7, 11) is 0. The molecule has 16 nitrogen and oxygen atoms in total. The molecule has 1 rings (SSSR count). The van der Waals surface area contributed by atoms with Gasteiger partial charge in [-0.25, -0.2) is 38.4 Å². The number of carbonyl (C=O) groups is 8. The second-order valence-corrected chi connectivity index (χ2v) is 7.61. The second-order valence-electron chi connectivity index (χ2n) is 7.61. The fourth-order valence-corrected chi connectivity index (χ4v) is 2.01. The summed E-state index contributed by atoms with van der Waals surface area (Å²) < 4.78 is 22.4. The Morgan fingerprint density at radius 1 is 0.689 bits per heavy atom. The van der Waals surface area contributed by atoms with E-state index in [1.54, 1.807) is 27.7 Å². The summed E-state index contributed by atoms with van der Waals surface area (Å²) >= 11 is 0. The smallest absolute Gasteiger partial charge is 0.341 e. The molecule has 0 amide bonds. The number of carboxylic acid groups (broad SMARTS) is 2. The average Bonchev–Trinajstić information content (AvgIpc) is 3.19. The van der Waals surface area contributed by atoms with Gasteiger partial charge in [0.1, 0.15) is 0 Å².